The number of carboxylic acids is 1. The van der Waals surface area contributed by atoms with E-state index in [9.17, 15) is 19.5 Å². The van der Waals surface area contributed by atoms with Gasteiger partial charge in [0.1, 0.15) is 13.2 Å². The number of carbonyl (C=O) groups excluding carboxylic acids is 2. The summed E-state index contributed by atoms with van der Waals surface area (Å²) in [5, 5.41) is 9.68. The van der Waals surface area contributed by atoms with Gasteiger partial charge in [0.05, 0.1) is 40.8 Å². The van der Waals surface area contributed by atoms with Crippen molar-refractivity contribution in [3.05, 3.63) is 72.9 Å². The van der Waals surface area contributed by atoms with Gasteiger partial charge in [-0.15, -0.1) is 0 Å². The molecule has 0 aromatic heterocycles. The third kappa shape index (κ3) is 58.3. The average Bonchev–Trinajstić information content (AvgIpc) is 3.38. The van der Waals surface area contributed by atoms with Crippen molar-refractivity contribution in [2.75, 3.05) is 47.5 Å². The quantitative estimate of drug-likeness (QED) is 0.0211. The number of unbranched alkanes of at least 4 members (excludes halogenated alkanes) is 31. The van der Waals surface area contributed by atoms with Crippen LogP contribution in [0.4, 0.5) is 0 Å². The van der Waals surface area contributed by atoms with Crippen LogP contribution in [0.2, 0.25) is 0 Å². The normalized spacial score (nSPS) is 13.2. The van der Waals surface area contributed by atoms with Crippen molar-refractivity contribution in [2.24, 2.45) is 0 Å². The molecule has 0 heterocycles. The molecule has 1 N–H and O–H groups in total. The van der Waals surface area contributed by atoms with E-state index in [1.807, 2.05) is 33.3 Å². The molecule has 434 valence electrons. The van der Waals surface area contributed by atoms with E-state index in [2.05, 4.69) is 68.5 Å². The van der Waals surface area contributed by atoms with E-state index >= 15 is 0 Å². The van der Waals surface area contributed by atoms with Gasteiger partial charge < -0.3 is 28.5 Å². The third-order valence-electron chi connectivity index (χ3n) is 13.5. The van der Waals surface area contributed by atoms with Gasteiger partial charge in [0.25, 0.3) is 6.29 Å². The molecule has 0 aliphatic carbocycles. The molecule has 2 unspecified atom stereocenters. The van der Waals surface area contributed by atoms with Gasteiger partial charge in [0.15, 0.2) is 6.10 Å². The van der Waals surface area contributed by atoms with E-state index in [0.29, 0.717) is 17.4 Å². The van der Waals surface area contributed by atoms with Crippen LogP contribution in [0.15, 0.2) is 72.9 Å². The molecule has 0 saturated carbocycles. The van der Waals surface area contributed by atoms with Gasteiger partial charge in [0.2, 0.25) is 0 Å². The highest BCUT2D eigenvalue weighted by molar-refractivity contribution is 5.72. The maximum Gasteiger partial charge on any atom is 0.361 e. The van der Waals surface area contributed by atoms with Crippen molar-refractivity contribution in [1.29, 1.82) is 0 Å². The summed E-state index contributed by atoms with van der Waals surface area (Å²) in [6, 6.07) is 0. The number of hydrogen-bond donors (Lipinski definition) is 1. The Labute approximate surface area is 462 Å². The van der Waals surface area contributed by atoms with Crippen molar-refractivity contribution in [3.8, 4) is 0 Å². The average molecular weight is 1050 g/mol. The first-order valence-electron chi connectivity index (χ1n) is 31.1. The van der Waals surface area contributed by atoms with Crippen LogP contribution in [-0.4, -0.2) is 87.4 Å². The molecular formula is C66H118NO8+. The van der Waals surface area contributed by atoms with Gasteiger partial charge in [-0.1, -0.05) is 267 Å². The van der Waals surface area contributed by atoms with Gasteiger partial charge in [-0.2, -0.15) is 0 Å². The number of carbonyl (C=O) groups is 3. The summed E-state index contributed by atoms with van der Waals surface area (Å²) in [4.78, 5) is 37.3. The zero-order valence-electron chi connectivity index (χ0n) is 49.4. The van der Waals surface area contributed by atoms with Crippen molar-refractivity contribution < 1.29 is 42.9 Å². The molecule has 0 rings (SSSR count). The summed E-state index contributed by atoms with van der Waals surface area (Å²) < 4.78 is 22.7. The molecule has 75 heavy (non-hydrogen) atoms. The molecule has 0 fully saturated rings. The first-order chi connectivity index (χ1) is 36.6. The summed E-state index contributed by atoms with van der Waals surface area (Å²) >= 11 is 0. The predicted octanol–water partition coefficient (Wildman–Crippen LogP) is 18.6. The number of allylic oxidation sites excluding steroid dienone is 11. The largest absolute Gasteiger partial charge is 0.477 e. The zero-order valence-corrected chi connectivity index (χ0v) is 49.4. The summed E-state index contributed by atoms with van der Waals surface area (Å²) in [7, 11) is 5.94. The Kier molecular flexibility index (Phi) is 54.4. The van der Waals surface area contributed by atoms with E-state index in [1.54, 1.807) is 6.08 Å². The number of likely N-dealkylation sites (N-methyl/N-ethyl adjacent to an activating group) is 1. The topological polar surface area (TPSA) is 108 Å². The number of nitrogens with zero attached hydrogens (tertiary/aromatic N) is 1. The van der Waals surface area contributed by atoms with Crippen LogP contribution in [-0.2, 0) is 33.3 Å². The monoisotopic (exact) mass is 1050 g/mol. The second-order valence-electron chi connectivity index (χ2n) is 22.0. The summed E-state index contributed by atoms with van der Waals surface area (Å²) in [5.41, 5.74) is 0. The van der Waals surface area contributed by atoms with Crippen molar-refractivity contribution in [3.63, 3.8) is 0 Å². The summed E-state index contributed by atoms with van der Waals surface area (Å²) in [5.74, 6) is -2.17. The highest BCUT2D eigenvalue weighted by Gasteiger charge is 2.25. The number of ether oxygens (including phenoxy) is 4. The van der Waals surface area contributed by atoms with Gasteiger partial charge in [-0.3, -0.25) is 9.59 Å². The van der Waals surface area contributed by atoms with Crippen LogP contribution < -0.4 is 0 Å². The Morgan fingerprint density at radius 2 is 0.800 bits per heavy atom. The Morgan fingerprint density at radius 3 is 1.19 bits per heavy atom. The molecule has 0 amide bonds. The molecule has 0 spiro atoms. The smallest absolute Gasteiger partial charge is 0.361 e. The van der Waals surface area contributed by atoms with E-state index in [4.69, 9.17) is 18.9 Å². The van der Waals surface area contributed by atoms with Gasteiger partial charge in [0, 0.05) is 6.42 Å². The molecule has 0 aliphatic heterocycles. The lowest BCUT2D eigenvalue weighted by Gasteiger charge is -2.25. The van der Waals surface area contributed by atoms with Crippen molar-refractivity contribution >= 4 is 17.9 Å². The molecule has 0 aromatic carbocycles. The Morgan fingerprint density at radius 1 is 0.427 bits per heavy atom. The van der Waals surface area contributed by atoms with E-state index in [-0.39, 0.29) is 38.6 Å². The Hall–Kier alpha value is -3.27. The van der Waals surface area contributed by atoms with Gasteiger partial charge in [-0.25, -0.2) is 4.79 Å². The van der Waals surface area contributed by atoms with Crippen LogP contribution in [0.1, 0.15) is 271 Å². The second-order valence-corrected chi connectivity index (χ2v) is 22.0. The Bertz CT molecular complexity index is 1460. The fourth-order valence-corrected chi connectivity index (χ4v) is 8.73. The minimum absolute atomic E-state index is 0.0270. The van der Waals surface area contributed by atoms with Gasteiger partial charge >= 0.3 is 17.9 Å². The van der Waals surface area contributed by atoms with E-state index in [0.717, 1.165) is 44.9 Å². The summed E-state index contributed by atoms with van der Waals surface area (Å²) in [6.45, 7) is 4.66. The number of hydrogen-bond acceptors (Lipinski definition) is 7. The maximum absolute atomic E-state index is 12.8. The van der Waals surface area contributed by atoms with E-state index in [1.165, 1.54) is 193 Å². The fraction of sp³-hybridized carbons (Fsp3) is 0.773. The SMILES string of the molecule is CC/C=C\C/C=C\C/C=C\C/C=C\C/C=C\CC(=O)OC(COC(=O)CCCCCCCCCCCCCCCCCCCCCCCCC/C=C\CCCCCCCCCC)COC(OCC[N+](C)(C)C)C(=O)O. The van der Waals surface area contributed by atoms with Crippen molar-refractivity contribution in [2.45, 2.75) is 283 Å². The highest BCUT2D eigenvalue weighted by atomic mass is 16.7. The maximum atomic E-state index is 12.8. The second kappa shape index (κ2) is 56.9. The number of quaternary nitrogens is 1. The van der Waals surface area contributed by atoms with E-state index < -0.39 is 24.3 Å². The molecule has 2 atom stereocenters. The number of rotatable bonds is 57. The first-order valence-corrected chi connectivity index (χ1v) is 31.1. The van der Waals surface area contributed by atoms with Crippen LogP contribution in [0.3, 0.4) is 0 Å². The molecule has 9 nitrogen and oxygen atoms in total. The zero-order chi connectivity index (χ0) is 54.8. The van der Waals surface area contributed by atoms with Crippen LogP contribution in [0.5, 0.6) is 0 Å². The molecule has 0 bridgehead atoms. The molecule has 0 aliphatic rings. The Balaban J connectivity index is 4.05. The minimum Gasteiger partial charge on any atom is -0.477 e. The molecule has 0 saturated heterocycles. The number of carboxylic acid groups (broad SMARTS) is 1. The molecule has 0 radical (unpaired) electrons. The molecule has 0 aromatic rings. The first kappa shape index (κ1) is 71.7. The fourth-order valence-electron chi connectivity index (χ4n) is 8.73. The highest BCUT2D eigenvalue weighted by Crippen LogP contribution is 2.17. The minimum atomic E-state index is -1.54. The lowest BCUT2D eigenvalue weighted by atomic mass is 10.0. The summed E-state index contributed by atoms with van der Waals surface area (Å²) in [6.07, 6.45) is 72.0. The number of esters is 2. The standard InChI is InChI=1S/C66H117NO8/c1-6-8-10-12-14-16-18-20-22-23-24-25-26-27-28-29-30-31-32-33-34-35-36-37-38-39-40-41-43-44-46-48-50-52-54-56-63(68)73-60-62(61-74-66(65(70)71)72-59-58-67(3,4)5)75-64(69)57-55-53-51-49-47-45-42-21-19-17-15-13-11-9-7-2/h9,11,15,17,21,23-24,42,47,49,53,55,62,66H,6-8,10,12-14,16,18-20,22,25-41,43-46,48,50-52,54,56-61H2,1-5H3/p+1/b11-9-,17-15-,24-23-,42-21-,49-47-,55-53-. The van der Waals surface area contributed by atoms with Gasteiger partial charge in [-0.05, 0) is 64.2 Å². The third-order valence-corrected chi connectivity index (χ3v) is 13.5. The molecular weight excluding hydrogens is 935 g/mol. The molecule has 9 heteroatoms. The van der Waals surface area contributed by atoms with Crippen LogP contribution in [0, 0.1) is 0 Å². The lowest BCUT2D eigenvalue weighted by Crippen LogP contribution is -2.40. The number of aliphatic carboxylic acids is 1. The van der Waals surface area contributed by atoms with Crippen LogP contribution in [0.25, 0.3) is 0 Å². The van der Waals surface area contributed by atoms with Crippen molar-refractivity contribution in [1.82, 2.24) is 0 Å². The predicted molar refractivity (Wildman–Crippen MR) is 318 cm³/mol. The lowest BCUT2D eigenvalue weighted by molar-refractivity contribution is -0.870. The van der Waals surface area contributed by atoms with Crippen LogP contribution >= 0.6 is 0 Å².